The van der Waals surface area contributed by atoms with Crippen LogP contribution in [0.2, 0.25) is 0 Å². The van der Waals surface area contributed by atoms with Gasteiger partial charge in [0.2, 0.25) is 5.91 Å². The number of hydrogen-bond acceptors (Lipinski definition) is 3. The number of anilines is 1. The van der Waals surface area contributed by atoms with Gasteiger partial charge in [0.05, 0.1) is 12.2 Å². The van der Waals surface area contributed by atoms with E-state index in [1.165, 1.54) is 29.5 Å². The molecule has 1 heterocycles. The van der Waals surface area contributed by atoms with Gasteiger partial charge in [0.1, 0.15) is 18.5 Å². The first-order valence-electron chi connectivity index (χ1n) is 5.22. The Balaban J connectivity index is 1.91. The summed E-state index contributed by atoms with van der Waals surface area (Å²) >= 11 is 3.15. The maximum atomic E-state index is 13.5. The molecule has 0 aliphatic rings. The number of nitrogens with one attached hydrogen (secondary N) is 1. The lowest BCUT2D eigenvalue weighted by atomic mass is 10.3. The molecule has 0 unspecified atom stereocenters. The van der Waals surface area contributed by atoms with Crippen molar-refractivity contribution in [2.75, 3.05) is 5.32 Å². The second kappa shape index (κ2) is 5.72. The van der Waals surface area contributed by atoms with Gasteiger partial charge in [-0.15, -0.1) is 0 Å². The molecule has 0 spiro atoms. The number of halogens is 2. The van der Waals surface area contributed by atoms with E-state index in [4.69, 9.17) is 0 Å². The molecule has 0 fully saturated rings. The highest BCUT2D eigenvalue weighted by atomic mass is 79.9. The van der Waals surface area contributed by atoms with Crippen molar-refractivity contribution in [2.24, 2.45) is 0 Å². The lowest BCUT2D eigenvalue weighted by Crippen LogP contribution is -2.15. The number of amides is 1. The van der Waals surface area contributed by atoms with Crippen molar-refractivity contribution >= 4 is 27.5 Å². The number of hydrogen-bond donors (Lipinski definition) is 1. The second-order valence-electron chi connectivity index (χ2n) is 3.58. The van der Waals surface area contributed by atoms with Crippen molar-refractivity contribution in [3.63, 3.8) is 0 Å². The van der Waals surface area contributed by atoms with Crippen molar-refractivity contribution < 1.29 is 9.18 Å². The van der Waals surface area contributed by atoms with Crippen LogP contribution in [0.15, 0.2) is 35.3 Å². The van der Waals surface area contributed by atoms with E-state index < -0.39 is 5.82 Å². The summed E-state index contributed by atoms with van der Waals surface area (Å²) in [7, 11) is 0. The molecule has 0 atom stereocenters. The third-order valence-corrected chi connectivity index (χ3v) is 2.73. The maximum Gasteiger partial charge on any atom is 0.226 e. The van der Waals surface area contributed by atoms with Gasteiger partial charge in [-0.1, -0.05) is 15.9 Å². The van der Waals surface area contributed by atoms with Crippen LogP contribution in [-0.2, 0) is 11.3 Å². The molecule has 1 aromatic carbocycles. The average Bonchev–Trinajstić information content (AvgIpc) is 2.83. The smallest absolute Gasteiger partial charge is 0.226 e. The summed E-state index contributed by atoms with van der Waals surface area (Å²) in [5, 5.41) is 6.37. The van der Waals surface area contributed by atoms with Crippen LogP contribution in [0, 0.1) is 5.82 Å². The number of aromatic nitrogens is 3. The van der Waals surface area contributed by atoms with Gasteiger partial charge in [-0.2, -0.15) is 5.10 Å². The summed E-state index contributed by atoms with van der Waals surface area (Å²) in [5.74, 6) is -0.745. The summed E-state index contributed by atoms with van der Waals surface area (Å²) in [4.78, 5) is 15.4. The predicted molar refractivity (Wildman–Crippen MR) is 67.4 cm³/mol. The zero-order chi connectivity index (χ0) is 13.0. The van der Waals surface area contributed by atoms with Crippen LogP contribution in [0.5, 0.6) is 0 Å². The number of benzene rings is 1. The topological polar surface area (TPSA) is 59.8 Å². The molecule has 0 saturated heterocycles. The zero-order valence-electron chi connectivity index (χ0n) is 9.31. The monoisotopic (exact) mass is 312 g/mol. The molecule has 94 valence electrons. The highest BCUT2D eigenvalue weighted by molar-refractivity contribution is 9.10. The minimum Gasteiger partial charge on any atom is -0.324 e. The van der Waals surface area contributed by atoms with Crippen molar-refractivity contribution in [1.29, 1.82) is 0 Å². The summed E-state index contributed by atoms with van der Waals surface area (Å²) < 4.78 is 15.6. The average molecular weight is 313 g/mol. The van der Waals surface area contributed by atoms with Gasteiger partial charge < -0.3 is 5.32 Å². The molecule has 7 heteroatoms. The van der Waals surface area contributed by atoms with Crippen molar-refractivity contribution in [3.8, 4) is 0 Å². The van der Waals surface area contributed by atoms with Crippen LogP contribution < -0.4 is 5.32 Å². The molecule has 18 heavy (non-hydrogen) atoms. The first-order valence-corrected chi connectivity index (χ1v) is 6.02. The molecular formula is C11H10BrFN4O. The highest BCUT2D eigenvalue weighted by Crippen LogP contribution is 2.19. The SMILES string of the molecule is O=C(CCn1cncn1)Nc1ccc(Br)cc1F. The van der Waals surface area contributed by atoms with Gasteiger partial charge in [-0.3, -0.25) is 9.48 Å². The van der Waals surface area contributed by atoms with E-state index in [2.05, 4.69) is 31.3 Å². The minimum atomic E-state index is -0.474. The number of nitrogens with zero attached hydrogens (tertiary/aromatic N) is 3. The van der Waals surface area contributed by atoms with Crippen LogP contribution in [0.25, 0.3) is 0 Å². The van der Waals surface area contributed by atoms with E-state index in [-0.39, 0.29) is 18.0 Å². The lowest BCUT2D eigenvalue weighted by molar-refractivity contribution is -0.116. The van der Waals surface area contributed by atoms with Crippen LogP contribution in [-0.4, -0.2) is 20.7 Å². The molecule has 0 saturated carbocycles. The zero-order valence-corrected chi connectivity index (χ0v) is 10.9. The summed E-state index contributed by atoms with van der Waals surface area (Å²) in [6, 6.07) is 4.47. The van der Waals surface area contributed by atoms with E-state index in [0.29, 0.717) is 11.0 Å². The highest BCUT2D eigenvalue weighted by Gasteiger charge is 2.07. The molecule has 2 aromatic rings. The van der Waals surface area contributed by atoms with E-state index in [1.54, 1.807) is 6.07 Å². The van der Waals surface area contributed by atoms with Gasteiger partial charge in [0.15, 0.2) is 0 Å². The first kappa shape index (κ1) is 12.7. The Hall–Kier alpha value is -1.76. The Labute approximate surface area is 111 Å². The largest absolute Gasteiger partial charge is 0.324 e. The Morgan fingerprint density at radius 3 is 3.00 bits per heavy atom. The van der Waals surface area contributed by atoms with Crippen LogP contribution in [0.1, 0.15) is 6.42 Å². The Bertz CT molecular complexity index is 544. The summed E-state index contributed by atoms with van der Waals surface area (Å²) in [5.41, 5.74) is 0.168. The van der Waals surface area contributed by atoms with Crippen molar-refractivity contribution in [2.45, 2.75) is 13.0 Å². The molecule has 0 aliphatic carbocycles. The normalized spacial score (nSPS) is 10.3. The molecule has 1 aromatic heterocycles. The summed E-state index contributed by atoms with van der Waals surface area (Å²) in [6.07, 6.45) is 3.12. The van der Waals surface area contributed by atoms with Gasteiger partial charge >= 0.3 is 0 Å². The van der Waals surface area contributed by atoms with E-state index in [9.17, 15) is 9.18 Å². The van der Waals surface area contributed by atoms with E-state index in [0.717, 1.165) is 0 Å². The van der Waals surface area contributed by atoms with Gasteiger partial charge in [0.25, 0.3) is 0 Å². The number of aryl methyl sites for hydroxylation is 1. The third-order valence-electron chi connectivity index (χ3n) is 2.24. The van der Waals surface area contributed by atoms with E-state index in [1.807, 2.05) is 0 Å². The fourth-order valence-electron chi connectivity index (χ4n) is 1.37. The predicted octanol–water partition coefficient (Wildman–Crippen LogP) is 2.21. The van der Waals surface area contributed by atoms with Crippen molar-refractivity contribution in [3.05, 3.63) is 41.1 Å². The molecular weight excluding hydrogens is 303 g/mol. The number of carbonyl (C=O) groups is 1. The Morgan fingerprint density at radius 2 is 2.33 bits per heavy atom. The maximum absolute atomic E-state index is 13.5. The first-order chi connectivity index (χ1) is 8.65. The Morgan fingerprint density at radius 1 is 1.50 bits per heavy atom. The minimum absolute atomic E-state index is 0.168. The number of carbonyl (C=O) groups excluding carboxylic acids is 1. The second-order valence-corrected chi connectivity index (χ2v) is 4.50. The fraction of sp³-hybridized carbons (Fsp3) is 0.182. The quantitative estimate of drug-likeness (QED) is 0.941. The third kappa shape index (κ3) is 3.36. The lowest BCUT2D eigenvalue weighted by Gasteiger charge is -2.06. The van der Waals surface area contributed by atoms with Gasteiger partial charge in [-0.05, 0) is 18.2 Å². The summed E-state index contributed by atoms with van der Waals surface area (Å²) in [6.45, 7) is 0.407. The molecule has 0 aliphatic heterocycles. The number of rotatable bonds is 4. The molecule has 2 rings (SSSR count). The fourth-order valence-corrected chi connectivity index (χ4v) is 1.70. The molecule has 0 radical (unpaired) electrons. The van der Waals surface area contributed by atoms with Crippen LogP contribution >= 0.6 is 15.9 Å². The molecule has 5 nitrogen and oxygen atoms in total. The van der Waals surface area contributed by atoms with Crippen molar-refractivity contribution in [1.82, 2.24) is 14.8 Å². The van der Waals surface area contributed by atoms with Crippen LogP contribution in [0.4, 0.5) is 10.1 Å². The molecule has 0 bridgehead atoms. The Kier molecular flexibility index (Phi) is 4.03. The molecule has 1 amide bonds. The van der Waals surface area contributed by atoms with E-state index >= 15 is 0 Å². The van der Waals surface area contributed by atoms with Gasteiger partial charge in [-0.25, -0.2) is 9.37 Å². The molecule has 1 N–H and O–H groups in total. The van der Waals surface area contributed by atoms with Gasteiger partial charge in [0, 0.05) is 10.9 Å². The van der Waals surface area contributed by atoms with Crippen LogP contribution in [0.3, 0.4) is 0 Å². The standard InChI is InChI=1S/C11H10BrFN4O/c12-8-1-2-10(9(13)5-8)16-11(18)3-4-17-7-14-6-15-17/h1-2,5-7H,3-4H2,(H,16,18).